The van der Waals surface area contributed by atoms with Crippen molar-refractivity contribution in [1.29, 1.82) is 5.26 Å². The van der Waals surface area contributed by atoms with Crippen LogP contribution < -0.4 is 15.4 Å². The Morgan fingerprint density at radius 1 is 1.19 bits per heavy atom. The van der Waals surface area contributed by atoms with E-state index in [0.717, 1.165) is 17.3 Å². The molecule has 0 bridgehead atoms. The smallest absolute Gasteiger partial charge is 0.319 e. The number of ether oxygens (including phenoxy) is 2. The van der Waals surface area contributed by atoms with Gasteiger partial charge in [-0.3, -0.25) is 14.4 Å². The molecule has 1 aliphatic rings. The molecule has 0 radical (unpaired) electrons. The Hall–Kier alpha value is -3.48. The van der Waals surface area contributed by atoms with Gasteiger partial charge in [-0.15, -0.1) is 0 Å². The molecule has 0 aromatic heterocycles. The minimum absolute atomic E-state index is 0.0822. The van der Waals surface area contributed by atoms with Crippen molar-refractivity contribution in [3.05, 3.63) is 69.2 Å². The minimum Gasteiger partial charge on any atom is -0.494 e. The number of aryl methyl sites for hydroxylation is 1. The van der Waals surface area contributed by atoms with Crippen LogP contribution >= 0.6 is 23.4 Å². The van der Waals surface area contributed by atoms with Crippen molar-refractivity contribution in [2.24, 2.45) is 5.92 Å². The number of carbonyl (C=O) groups is 3. The molecule has 2 atom stereocenters. The van der Waals surface area contributed by atoms with Gasteiger partial charge in [-0.25, -0.2) is 0 Å². The molecule has 3 rings (SSSR count). The highest BCUT2D eigenvalue weighted by atomic mass is 35.5. The molecule has 0 unspecified atom stereocenters. The molecular formula is C26H26ClN3O5S. The second kappa shape index (κ2) is 12.5. The average molecular weight is 528 g/mol. The SMILES string of the molecule is CCOC(=O)[C@H]1C(=O)NC(SCC(=O)Nc2ccc(C)c(Cl)c2)=C(C#N)[C@@H]1c1ccccc1OCC. The van der Waals surface area contributed by atoms with Gasteiger partial charge >= 0.3 is 5.97 Å². The van der Waals surface area contributed by atoms with E-state index < -0.39 is 23.7 Å². The lowest BCUT2D eigenvalue weighted by atomic mass is 9.78. The number of allylic oxidation sites excluding steroid dienone is 1. The van der Waals surface area contributed by atoms with E-state index in [1.165, 1.54) is 0 Å². The number of amides is 2. The highest BCUT2D eigenvalue weighted by Crippen LogP contribution is 2.43. The van der Waals surface area contributed by atoms with Gasteiger partial charge in [-0.05, 0) is 44.5 Å². The number of para-hydroxylation sites is 1. The summed E-state index contributed by atoms with van der Waals surface area (Å²) < 4.78 is 10.9. The Morgan fingerprint density at radius 2 is 1.94 bits per heavy atom. The van der Waals surface area contributed by atoms with Gasteiger partial charge in [0.2, 0.25) is 11.8 Å². The maximum absolute atomic E-state index is 13.1. The van der Waals surface area contributed by atoms with Gasteiger partial charge in [-0.2, -0.15) is 5.26 Å². The predicted molar refractivity (Wildman–Crippen MR) is 139 cm³/mol. The van der Waals surface area contributed by atoms with Crippen LogP contribution in [0.2, 0.25) is 5.02 Å². The standard InChI is InChI=1S/C26H26ClN3O5S/c1-4-34-20-9-7-6-8-17(20)22-18(13-28)25(30-24(32)23(22)26(33)35-5-2)36-14-21(31)29-16-11-10-15(3)19(27)12-16/h6-12,22-23H,4-5,14H2,1-3H3,(H,29,31)(H,30,32)/t22-,23+/m0/s1. The van der Waals surface area contributed by atoms with E-state index in [2.05, 4.69) is 16.7 Å². The normalized spacial score (nSPS) is 17.1. The van der Waals surface area contributed by atoms with Crippen LogP contribution in [0.15, 0.2) is 53.1 Å². The molecule has 36 heavy (non-hydrogen) atoms. The summed E-state index contributed by atoms with van der Waals surface area (Å²) in [6.45, 7) is 5.75. The Kier molecular flexibility index (Phi) is 9.39. The third-order valence-corrected chi connectivity index (χ3v) is 6.85. The predicted octanol–water partition coefficient (Wildman–Crippen LogP) is 4.55. The first-order valence-electron chi connectivity index (χ1n) is 11.3. The zero-order chi connectivity index (χ0) is 26.2. The second-order valence-corrected chi connectivity index (χ2v) is 9.22. The van der Waals surface area contributed by atoms with Crippen LogP contribution in [0.25, 0.3) is 0 Å². The fourth-order valence-corrected chi connectivity index (χ4v) is 4.82. The van der Waals surface area contributed by atoms with Crippen LogP contribution in [0.5, 0.6) is 5.75 Å². The third kappa shape index (κ3) is 6.20. The summed E-state index contributed by atoms with van der Waals surface area (Å²) in [6.07, 6.45) is 0. The van der Waals surface area contributed by atoms with Crippen molar-refractivity contribution in [2.75, 3.05) is 24.3 Å². The van der Waals surface area contributed by atoms with E-state index >= 15 is 0 Å². The molecule has 0 saturated heterocycles. The topological polar surface area (TPSA) is 118 Å². The lowest BCUT2D eigenvalue weighted by Gasteiger charge is -2.32. The summed E-state index contributed by atoms with van der Waals surface area (Å²) in [5.74, 6) is -3.55. The number of nitrogens with one attached hydrogen (secondary N) is 2. The molecular weight excluding hydrogens is 502 g/mol. The van der Waals surface area contributed by atoms with Crippen LogP contribution in [-0.2, 0) is 19.1 Å². The fraction of sp³-hybridized carbons (Fsp3) is 0.308. The van der Waals surface area contributed by atoms with Crippen LogP contribution in [0.1, 0.15) is 30.9 Å². The first-order valence-corrected chi connectivity index (χ1v) is 12.7. The molecule has 10 heteroatoms. The molecule has 0 aliphatic carbocycles. The first-order chi connectivity index (χ1) is 17.3. The summed E-state index contributed by atoms with van der Waals surface area (Å²) in [5, 5.41) is 16.2. The van der Waals surface area contributed by atoms with Crippen molar-refractivity contribution in [2.45, 2.75) is 26.7 Å². The number of nitriles is 1. The summed E-state index contributed by atoms with van der Waals surface area (Å²) in [5.41, 5.74) is 2.08. The number of halogens is 1. The number of nitrogens with zero attached hydrogens (tertiary/aromatic N) is 1. The Labute approximate surface area is 219 Å². The number of hydrogen-bond donors (Lipinski definition) is 2. The maximum atomic E-state index is 13.1. The Bertz CT molecular complexity index is 1240. The monoisotopic (exact) mass is 527 g/mol. The minimum atomic E-state index is -1.28. The summed E-state index contributed by atoms with van der Waals surface area (Å²) in [4.78, 5) is 38.5. The van der Waals surface area contributed by atoms with Crippen LogP contribution in [0.4, 0.5) is 5.69 Å². The number of esters is 1. The third-order valence-electron chi connectivity index (χ3n) is 5.43. The lowest BCUT2D eigenvalue weighted by Crippen LogP contribution is -2.44. The Morgan fingerprint density at radius 3 is 2.61 bits per heavy atom. The molecule has 8 nitrogen and oxygen atoms in total. The number of anilines is 1. The molecule has 2 aromatic carbocycles. The van der Waals surface area contributed by atoms with Gasteiger partial charge < -0.3 is 20.1 Å². The van der Waals surface area contributed by atoms with Crippen molar-refractivity contribution in [3.8, 4) is 11.8 Å². The lowest BCUT2D eigenvalue weighted by molar-refractivity contribution is -0.152. The zero-order valence-electron chi connectivity index (χ0n) is 20.1. The van der Waals surface area contributed by atoms with Crippen LogP contribution in [0, 0.1) is 24.2 Å². The van der Waals surface area contributed by atoms with E-state index in [-0.39, 0.29) is 28.9 Å². The zero-order valence-corrected chi connectivity index (χ0v) is 21.7. The van der Waals surface area contributed by atoms with Gasteiger partial charge in [0, 0.05) is 22.2 Å². The van der Waals surface area contributed by atoms with E-state index in [0.29, 0.717) is 28.6 Å². The summed E-state index contributed by atoms with van der Waals surface area (Å²) in [6, 6.07) is 14.3. The van der Waals surface area contributed by atoms with Gasteiger partial charge in [0.05, 0.1) is 35.6 Å². The number of thioether (sulfide) groups is 1. The first kappa shape index (κ1) is 27.1. The molecule has 2 N–H and O–H groups in total. The largest absolute Gasteiger partial charge is 0.494 e. The van der Waals surface area contributed by atoms with Gasteiger partial charge in [-0.1, -0.05) is 47.6 Å². The average Bonchev–Trinajstić information content (AvgIpc) is 2.85. The summed E-state index contributed by atoms with van der Waals surface area (Å²) in [7, 11) is 0. The Balaban J connectivity index is 1.94. The molecule has 0 fully saturated rings. The van der Waals surface area contributed by atoms with Gasteiger partial charge in [0.15, 0.2) is 0 Å². The number of rotatable bonds is 9. The van der Waals surface area contributed by atoms with E-state index in [4.69, 9.17) is 21.1 Å². The molecule has 0 saturated carbocycles. The quantitative estimate of drug-likeness (QED) is 0.363. The highest BCUT2D eigenvalue weighted by molar-refractivity contribution is 8.03. The number of carbonyl (C=O) groups excluding carboxylic acids is 3. The molecule has 2 aromatic rings. The van der Waals surface area contributed by atoms with Crippen molar-refractivity contribution >= 4 is 46.8 Å². The molecule has 1 aliphatic heterocycles. The highest BCUT2D eigenvalue weighted by Gasteiger charge is 2.45. The van der Waals surface area contributed by atoms with Crippen LogP contribution in [-0.4, -0.2) is 36.8 Å². The maximum Gasteiger partial charge on any atom is 0.319 e. The molecule has 188 valence electrons. The van der Waals surface area contributed by atoms with Gasteiger partial charge in [0.1, 0.15) is 11.7 Å². The van der Waals surface area contributed by atoms with E-state index in [9.17, 15) is 19.6 Å². The van der Waals surface area contributed by atoms with Crippen molar-refractivity contribution in [3.63, 3.8) is 0 Å². The number of hydrogen-bond acceptors (Lipinski definition) is 7. The van der Waals surface area contributed by atoms with E-state index in [1.54, 1.807) is 49.4 Å². The van der Waals surface area contributed by atoms with Crippen LogP contribution in [0.3, 0.4) is 0 Å². The summed E-state index contributed by atoms with van der Waals surface area (Å²) >= 11 is 7.13. The van der Waals surface area contributed by atoms with Crippen molar-refractivity contribution < 1.29 is 23.9 Å². The van der Waals surface area contributed by atoms with Crippen molar-refractivity contribution in [1.82, 2.24) is 5.32 Å². The molecule has 1 heterocycles. The number of benzene rings is 2. The fourth-order valence-electron chi connectivity index (χ4n) is 3.79. The second-order valence-electron chi connectivity index (χ2n) is 7.82. The van der Waals surface area contributed by atoms with Gasteiger partial charge in [0.25, 0.3) is 0 Å². The molecule has 2 amide bonds. The molecule has 0 spiro atoms. The van der Waals surface area contributed by atoms with E-state index in [1.807, 2.05) is 13.8 Å².